The first-order valence-corrected chi connectivity index (χ1v) is 12.7. The lowest BCUT2D eigenvalue weighted by Crippen LogP contribution is -2.37. The summed E-state index contributed by atoms with van der Waals surface area (Å²) in [4.78, 5) is 34.0. The number of nitrogens with zero attached hydrogens (tertiary/aromatic N) is 3. The first kappa shape index (κ1) is 25.9. The first-order chi connectivity index (χ1) is 18.0. The Bertz CT molecular complexity index is 1430. The van der Waals surface area contributed by atoms with Gasteiger partial charge in [-0.15, -0.1) is 0 Å². The molecule has 0 spiro atoms. The zero-order valence-electron chi connectivity index (χ0n) is 21.6. The van der Waals surface area contributed by atoms with Crippen molar-refractivity contribution in [2.24, 2.45) is 0 Å². The van der Waals surface area contributed by atoms with Crippen LogP contribution in [0.5, 0.6) is 5.75 Å². The Morgan fingerprint density at radius 3 is 2.41 bits per heavy atom. The van der Waals surface area contributed by atoms with Crippen molar-refractivity contribution in [3.8, 4) is 11.4 Å². The third-order valence-corrected chi connectivity index (χ3v) is 6.48. The molecule has 6 heteroatoms. The molecular formula is C31H33N3O3. The van der Waals surface area contributed by atoms with Crippen LogP contribution in [0.2, 0.25) is 0 Å². The Kier molecular flexibility index (Phi) is 8.52. The van der Waals surface area contributed by atoms with E-state index in [1.165, 1.54) is 0 Å². The highest BCUT2D eigenvalue weighted by Crippen LogP contribution is 2.25. The van der Waals surface area contributed by atoms with Gasteiger partial charge in [0.1, 0.15) is 11.6 Å². The van der Waals surface area contributed by atoms with E-state index in [1.54, 1.807) is 23.8 Å². The maximum atomic E-state index is 13.7. The van der Waals surface area contributed by atoms with Gasteiger partial charge in [-0.05, 0) is 61.4 Å². The van der Waals surface area contributed by atoms with Crippen LogP contribution in [0.1, 0.15) is 50.5 Å². The van der Waals surface area contributed by atoms with Gasteiger partial charge in [-0.3, -0.25) is 14.2 Å². The molecule has 0 radical (unpaired) electrons. The van der Waals surface area contributed by atoms with E-state index in [0.29, 0.717) is 34.7 Å². The average molecular weight is 496 g/mol. The molecule has 3 aromatic carbocycles. The van der Waals surface area contributed by atoms with E-state index in [2.05, 4.69) is 6.92 Å². The third kappa shape index (κ3) is 5.97. The van der Waals surface area contributed by atoms with Gasteiger partial charge in [0.2, 0.25) is 5.91 Å². The Morgan fingerprint density at radius 2 is 1.70 bits per heavy atom. The van der Waals surface area contributed by atoms with Crippen molar-refractivity contribution in [1.82, 2.24) is 14.5 Å². The molecule has 37 heavy (non-hydrogen) atoms. The fourth-order valence-corrected chi connectivity index (χ4v) is 4.40. The maximum Gasteiger partial charge on any atom is 0.266 e. The average Bonchev–Trinajstić information content (AvgIpc) is 2.94. The molecule has 1 aromatic heterocycles. The summed E-state index contributed by atoms with van der Waals surface area (Å²) in [6.45, 7) is 4.65. The summed E-state index contributed by atoms with van der Waals surface area (Å²) in [5, 5.41) is 0.530. The summed E-state index contributed by atoms with van der Waals surface area (Å²) in [5.74, 6) is 1.10. The van der Waals surface area contributed by atoms with Crippen LogP contribution in [-0.2, 0) is 4.79 Å². The lowest BCUT2D eigenvalue weighted by atomic mass is 10.1. The highest BCUT2D eigenvalue weighted by Gasteiger charge is 2.25. The second-order valence-corrected chi connectivity index (χ2v) is 8.98. The summed E-state index contributed by atoms with van der Waals surface area (Å²) < 4.78 is 6.93. The van der Waals surface area contributed by atoms with E-state index < -0.39 is 6.04 Å². The number of rotatable bonds is 10. The molecule has 1 atom stereocenters. The van der Waals surface area contributed by atoms with Crippen molar-refractivity contribution in [2.75, 3.05) is 13.7 Å². The molecule has 6 nitrogen and oxygen atoms in total. The van der Waals surface area contributed by atoms with Crippen LogP contribution in [0, 0.1) is 0 Å². The molecule has 4 aromatic rings. The minimum absolute atomic E-state index is 0.115. The maximum absolute atomic E-state index is 13.7. The van der Waals surface area contributed by atoms with Crippen LogP contribution >= 0.6 is 0 Å². The Labute approximate surface area is 217 Å². The summed E-state index contributed by atoms with van der Waals surface area (Å²) in [6.07, 6.45) is 6.35. The molecule has 0 saturated carbocycles. The molecule has 0 aliphatic carbocycles. The minimum Gasteiger partial charge on any atom is -0.497 e. The smallest absolute Gasteiger partial charge is 0.266 e. The fourth-order valence-electron chi connectivity index (χ4n) is 4.40. The highest BCUT2D eigenvalue weighted by molar-refractivity contribution is 5.92. The van der Waals surface area contributed by atoms with Crippen molar-refractivity contribution in [3.63, 3.8) is 0 Å². The molecule has 0 N–H and O–H groups in total. The molecule has 0 fully saturated rings. The van der Waals surface area contributed by atoms with Crippen molar-refractivity contribution < 1.29 is 9.53 Å². The van der Waals surface area contributed by atoms with Gasteiger partial charge < -0.3 is 9.64 Å². The summed E-state index contributed by atoms with van der Waals surface area (Å²) >= 11 is 0. The normalized spacial score (nSPS) is 12.1. The zero-order chi connectivity index (χ0) is 26.2. The van der Waals surface area contributed by atoms with Gasteiger partial charge in [-0.25, -0.2) is 4.98 Å². The van der Waals surface area contributed by atoms with E-state index in [4.69, 9.17) is 9.72 Å². The van der Waals surface area contributed by atoms with Crippen LogP contribution in [0.25, 0.3) is 22.7 Å². The van der Waals surface area contributed by atoms with Gasteiger partial charge in [0.05, 0.1) is 29.7 Å². The molecule has 1 unspecified atom stereocenters. The lowest BCUT2D eigenvalue weighted by Gasteiger charge is -2.30. The molecule has 0 bridgehead atoms. The van der Waals surface area contributed by atoms with E-state index >= 15 is 0 Å². The quantitative estimate of drug-likeness (QED) is 0.194. The number of hydrogen-bond acceptors (Lipinski definition) is 4. The Morgan fingerprint density at radius 1 is 1.00 bits per heavy atom. The number of aromatic nitrogens is 2. The van der Waals surface area contributed by atoms with Crippen molar-refractivity contribution >= 4 is 22.9 Å². The number of amides is 1. The second kappa shape index (κ2) is 12.2. The van der Waals surface area contributed by atoms with Crippen LogP contribution in [-0.4, -0.2) is 34.0 Å². The van der Waals surface area contributed by atoms with Gasteiger partial charge in [0.25, 0.3) is 5.56 Å². The second-order valence-electron chi connectivity index (χ2n) is 8.98. The number of benzene rings is 3. The fraction of sp³-hybridized carbons (Fsp3) is 0.258. The number of ether oxygens (including phenoxy) is 1. The number of carbonyl (C=O) groups is 1. The molecule has 0 saturated heterocycles. The highest BCUT2D eigenvalue weighted by atomic mass is 16.5. The largest absolute Gasteiger partial charge is 0.497 e. The molecule has 0 aliphatic rings. The molecule has 0 aliphatic heterocycles. The summed E-state index contributed by atoms with van der Waals surface area (Å²) in [5.41, 5.74) is 2.07. The van der Waals surface area contributed by atoms with Gasteiger partial charge >= 0.3 is 0 Å². The SMILES string of the molecule is CCCCCN(C(=O)/C=C/c1ccccc1)C(C)c1nc2ccccc2c(=O)n1-c1ccc(OC)cc1. The van der Waals surface area contributed by atoms with Crippen LogP contribution in [0.4, 0.5) is 0 Å². The monoisotopic (exact) mass is 495 g/mol. The number of hydrogen-bond donors (Lipinski definition) is 0. The molecule has 190 valence electrons. The molecular weight excluding hydrogens is 462 g/mol. The van der Waals surface area contributed by atoms with Crippen molar-refractivity contribution in [1.29, 1.82) is 0 Å². The number of methoxy groups -OCH3 is 1. The van der Waals surface area contributed by atoms with Crippen molar-refractivity contribution in [2.45, 2.75) is 39.2 Å². The predicted molar refractivity (Wildman–Crippen MR) is 149 cm³/mol. The molecule has 1 heterocycles. The van der Waals surface area contributed by atoms with Gasteiger partial charge in [0, 0.05) is 12.6 Å². The Hall–Kier alpha value is -4.19. The lowest BCUT2D eigenvalue weighted by molar-refractivity contribution is -0.128. The Balaban J connectivity index is 1.80. The van der Waals surface area contributed by atoms with E-state index in [-0.39, 0.29) is 11.5 Å². The number of unbranched alkanes of at least 4 members (excludes halogenated alkanes) is 2. The molecule has 1 amide bonds. The van der Waals surface area contributed by atoms with E-state index in [0.717, 1.165) is 24.8 Å². The molecule has 4 rings (SSSR count). The number of para-hydroxylation sites is 1. The van der Waals surface area contributed by atoms with E-state index in [9.17, 15) is 9.59 Å². The topological polar surface area (TPSA) is 64.4 Å². The van der Waals surface area contributed by atoms with Gasteiger partial charge in [0.15, 0.2) is 0 Å². The zero-order valence-corrected chi connectivity index (χ0v) is 21.6. The third-order valence-electron chi connectivity index (χ3n) is 6.48. The minimum atomic E-state index is -0.441. The summed E-state index contributed by atoms with van der Waals surface area (Å²) in [6, 6.07) is 23.9. The number of fused-ring (bicyclic) bond motifs is 1. The van der Waals surface area contributed by atoms with Crippen LogP contribution in [0.3, 0.4) is 0 Å². The first-order valence-electron chi connectivity index (χ1n) is 12.7. The van der Waals surface area contributed by atoms with Crippen LogP contribution in [0.15, 0.2) is 89.7 Å². The van der Waals surface area contributed by atoms with Crippen LogP contribution < -0.4 is 10.3 Å². The number of carbonyl (C=O) groups excluding carboxylic acids is 1. The standard InChI is InChI=1S/C31H33N3O3/c1-4-5-11-22-33(29(35)21-16-24-12-7-6-8-13-24)23(2)30-32-28-15-10-9-14-27(28)31(36)34(30)25-17-19-26(37-3)20-18-25/h6-10,12-21,23H,4-5,11,22H2,1-3H3/b21-16+. The van der Waals surface area contributed by atoms with Crippen molar-refractivity contribution in [3.05, 3.63) is 107 Å². The van der Waals surface area contributed by atoms with Gasteiger partial charge in [-0.2, -0.15) is 0 Å². The predicted octanol–water partition coefficient (Wildman–Crippen LogP) is 6.19. The van der Waals surface area contributed by atoms with E-state index in [1.807, 2.05) is 90.7 Å². The van der Waals surface area contributed by atoms with Gasteiger partial charge in [-0.1, -0.05) is 62.2 Å². The summed E-state index contributed by atoms with van der Waals surface area (Å²) in [7, 11) is 1.61.